The first-order chi connectivity index (χ1) is 6.90. The van der Waals surface area contributed by atoms with Gasteiger partial charge in [-0.05, 0) is 36.8 Å². The van der Waals surface area contributed by atoms with Gasteiger partial charge >= 0.3 is 0 Å². The van der Waals surface area contributed by atoms with Crippen LogP contribution in [0.15, 0.2) is 0 Å². The summed E-state index contributed by atoms with van der Waals surface area (Å²) in [5.41, 5.74) is 0.486. The maximum atomic E-state index is 3.54. The maximum absolute atomic E-state index is 3.54. The maximum Gasteiger partial charge on any atom is -0.00258 e. The fraction of sp³-hybridized carbons (Fsp3) is 1.00. The second kappa shape index (κ2) is 7.27. The number of hydrogen-bond acceptors (Lipinski definition) is 1. The van der Waals surface area contributed by atoms with Crippen LogP contribution in [0.4, 0.5) is 0 Å². The highest BCUT2D eigenvalue weighted by molar-refractivity contribution is 4.76. The van der Waals surface area contributed by atoms with Gasteiger partial charge in [0, 0.05) is 0 Å². The topological polar surface area (TPSA) is 12.0 Å². The second-order valence-corrected chi connectivity index (χ2v) is 6.03. The molecule has 0 aromatic rings. The van der Waals surface area contributed by atoms with E-state index >= 15 is 0 Å². The van der Waals surface area contributed by atoms with Crippen molar-refractivity contribution < 1.29 is 0 Å². The molecule has 1 atom stereocenters. The Morgan fingerprint density at radius 1 is 1.13 bits per heavy atom. The Labute approximate surface area is 97.0 Å². The highest BCUT2D eigenvalue weighted by Gasteiger charge is 2.24. The molecule has 1 unspecified atom stereocenters. The monoisotopic (exact) mass is 213 g/mol. The van der Waals surface area contributed by atoms with Crippen molar-refractivity contribution in [3.05, 3.63) is 0 Å². The number of hydrogen-bond donors (Lipinski definition) is 1. The molecule has 0 saturated carbocycles. The quantitative estimate of drug-likeness (QED) is 0.599. The first-order valence-corrected chi connectivity index (χ1v) is 6.60. The summed E-state index contributed by atoms with van der Waals surface area (Å²) in [6, 6.07) is 0. The van der Waals surface area contributed by atoms with Gasteiger partial charge in [-0.1, -0.05) is 54.4 Å². The minimum absolute atomic E-state index is 0.486. The molecule has 0 aliphatic carbocycles. The summed E-state index contributed by atoms with van der Waals surface area (Å²) in [6.07, 6.45) is 3.96. The zero-order chi connectivity index (χ0) is 11.9. The largest absolute Gasteiger partial charge is 0.316 e. The van der Waals surface area contributed by atoms with Gasteiger partial charge in [0.05, 0.1) is 0 Å². The Hall–Kier alpha value is -0.0400. The summed E-state index contributed by atoms with van der Waals surface area (Å²) in [5.74, 6) is 1.60. The van der Waals surface area contributed by atoms with Crippen molar-refractivity contribution in [2.75, 3.05) is 13.1 Å². The molecule has 1 nitrogen and oxygen atoms in total. The molecule has 0 rings (SSSR count). The fourth-order valence-corrected chi connectivity index (χ4v) is 1.87. The lowest BCUT2D eigenvalue weighted by Gasteiger charge is -2.32. The predicted octanol–water partition coefficient (Wildman–Crippen LogP) is 4.08. The molecule has 1 N–H and O–H groups in total. The molecule has 92 valence electrons. The molecule has 0 amide bonds. The molecule has 0 spiro atoms. The lowest BCUT2D eigenvalue weighted by Crippen LogP contribution is -2.29. The van der Waals surface area contributed by atoms with Gasteiger partial charge in [0.25, 0.3) is 0 Å². The van der Waals surface area contributed by atoms with Crippen LogP contribution in [-0.2, 0) is 0 Å². The van der Waals surface area contributed by atoms with Crippen molar-refractivity contribution in [3.63, 3.8) is 0 Å². The van der Waals surface area contributed by atoms with E-state index in [-0.39, 0.29) is 0 Å². The van der Waals surface area contributed by atoms with Crippen molar-refractivity contribution >= 4 is 0 Å². The molecule has 0 aromatic carbocycles. The lowest BCUT2D eigenvalue weighted by molar-refractivity contribution is 0.197. The normalized spacial score (nSPS) is 14.6. The van der Waals surface area contributed by atoms with E-state index in [0.29, 0.717) is 5.41 Å². The molecule has 0 aromatic heterocycles. The number of rotatable bonds is 8. The van der Waals surface area contributed by atoms with Crippen molar-refractivity contribution in [1.29, 1.82) is 0 Å². The van der Waals surface area contributed by atoms with Gasteiger partial charge in [-0.15, -0.1) is 0 Å². The van der Waals surface area contributed by atoms with Crippen LogP contribution in [0.5, 0.6) is 0 Å². The van der Waals surface area contributed by atoms with E-state index in [1.54, 1.807) is 0 Å². The highest BCUT2D eigenvalue weighted by atomic mass is 14.9. The van der Waals surface area contributed by atoms with Crippen LogP contribution >= 0.6 is 0 Å². The van der Waals surface area contributed by atoms with E-state index in [4.69, 9.17) is 0 Å². The van der Waals surface area contributed by atoms with Gasteiger partial charge < -0.3 is 5.32 Å². The molecule has 0 saturated heterocycles. The van der Waals surface area contributed by atoms with Crippen LogP contribution < -0.4 is 5.32 Å². The van der Waals surface area contributed by atoms with E-state index in [1.165, 1.54) is 25.8 Å². The van der Waals surface area contributed by atoms with E-state index in [2.05, 4.69) is 46.9 Å². The Balaban J connectivity index is 3.72. The molecular weight excluding hydrogens is 182 g/mol. The first kappa shape index (κ1) is 15.0. The summed E-state index contributed by atoms with van der Waals surface area (Å²) in [4.78, 5) is 0. The van der Waals surface area contributed by atoms with E-state index in [0.717, 1.165) is 18.4 Å². The molecule has 0 fully saturated rings. The van der Waals surface area contributed by atoms with Crippen LogP contribution in [0.25, 0.3) is 0 Å². The summed E-state index contributed by atoms with van der Waals surface area (Å²) in [7, 11) is 0. The summed E-state index contributed by atoms with van der Waals surface area (Å²) < 4.78 is 0. The second-order valence-electron chi connectivity index (χ2n) is 6.03. The van der Waals surface area contributed by atoms with Gasteiger partial charge in [0.15, 0.2) is 0 Å². The Bertz CT molecular complexity index is 149. The van der Waals surface area contributed by atoms with Crippen molar-refractivity contribution in [2.24, 2.45) is 17.3 Å². The van der Waals surface area contributed by atoms with Crippen LogP contribution in [0, 0.1) is 17.3 Å². The standard InChI is InChI=1S/C14H31N/c1-7-8-13(4)14(5,6)9-10-15-11-12(2)3/h12-13,15H,7-11H2,1-6H3. The lowest BCUT2D eigenvalue weighted by atomic mass is 9.75. The molecule has 0 aliphatic rings. The Morgan fingerprint density at radius 2 is 1.73 bits per heavy atom. The Kier molecular flexibility index (Phi) is 7.25. The average molecular weight is 213 g/mol. The van der Waals surface area contributed by atoms with Crippen LogP contribution in [-0.4, -0.2) is 13.1 Å². The predicted molar refractivity (Wildman–Crippen MR) is 70.2 cm³/mol. The van der Waals surface area contributed by atoms with Gasteiger partial charge in [0.1, 0.15) is 0 Å². The molecule has 15 heavy (non-hydrogen) atoms. The van der Waals surface area contributed by atoms with Crippen molar-refractivity contribution in [1.82, 2.24) is 5.32 Å². The SMILES string of the molecule is CCCC(C)C(C)(C)CCNCC(C)C. The zero-order valence-corrected chi connectivity index (χ0v) is 11.7. The van der Waals surface area contributed by atoms with Crippen LogP contribution in [0.2, 0.25) is 0 Å². The van der Waals surface area contributed by atoms with E-state index in [1.807, 2.05) is 0 Å². The van der Waals surface area contributed by atoms with Crippen molar-refractivity contribution in [3.8, 4) is 0 Å². The minimum atomic E-state index is 0.486. The zero-order valence-electron chi connectivity index (χ0n) is 11.7. The number of nitrogens with one attached hydrogen (secondary N) is 1. The van der Waals surface area contributed by atoms with Gasteiger partial charge in [-0.3, -0.25) is 0 Å². The Morgan fingerprint density at radius 3 is 2.20 bits per heavy atom. The molecule has 0 bridgehead atoms. The summed E-state index contributed by atoms with van der Waals surface area (Å²) in [5, 5.41) is 3.54. The smallest absolute Gasteiger partial charge is 0.00258 e. The third kappa shape index (κ3) is 6.94. The first-order valence-electron chi connectivity index (χ1n) is 6.60. The van der Waals surface area contributed by atoms with Gasteiger partial charge in [0.2, 0.25) is 0 Å². The third-order valence-electron chi connectivity index (χ3n) is 3.55. The highest BCUT2D eigenvalue weighted by Crippen LogP contribution is 2.32. The van der Waals surface area contributed by atoms with E-state index in [9.17, 15) is 0 Å². The summed E-state index contributed by atoms with van der Waals surface area (Å²) in [6.45, 7) is 16.3. The van der Waals surface area contributed by atoms with Gasteiger partial charge in [-0.2, -0.15) is 0 Å². The summed E-state index contributed by atoms with van der Waals surface area (Å²) >= 11 is 0. The van der Waals surface area contributed by atoms with E-state index < -0.39 is 0 Å². The molecule has 1 heteroatoms. The molecule has 0 heterocycles. The third-order valence-corrected chi connectivity index (χ3v) is 3.55. The molecular formula is C14H31N. The molecule has 0 aliphatic heterocycles. The fourth-order valence-electron chi connectivity index (χ4n) is 1.87. The van der Waals surface area contributed by atoms with Crippen LogP contribution in [0.1, 0.15) is 60.8 Å². The molecule has 0 radical (unpaired) electrons. The van der Waals surface area contributed by atoms with Crippen molar-refractivity contribution in [2.45, 2.75) is 60.8 Å². The average Bonchev–Trinajstić information content (AvgIpc) is 2.12. The minimum Gasteiger partial charge on any atom is -0.316 e. The van der Waals surface area contributed by atoms with Gasteiger partial charge in [-0.25, -0.2) is 0 Å². The van der Waals surface area contributed by atoms with Crippen LogP contribution in [0.3, 0.4) is 0 Å².